The van der Waals surface area contributed by atoms with Crippen LogP contribution in [0, 0.1) is 13.8 Å². The van der Waals surface area contributed by atoms with Crippen molar-refractivity contribution < 1.29 is 9.53 Å². The third kappa shape index (κ3) is 2.65. The molecule has 0 unspecified atom stereocenters. The van der Waals surface area contributed by atoms with E-state index in [1.165, 1.54) is 0 Å². The van der Waals surface area contributed by atoms with E-state index < -0.39 is 5.54 Å². The molecule has 4 nitrogen and oxygen atoms in total. The molecule has 92 valence electrons. The number of carbonyl (C=O) groups excluding carboxylic acids is 1. The van der Waals surface area contributed by atoms with E-state index in [1.54, 1.807) is 0 Å². The van der Waals surface area contributed by atoms with Gasteiger partial charge in [-0.15, -0.1) is 0 Å². The molecule has 0 radical (unpaired) electrons. The van der Waals surface area contributed by atoms with Crippen LogP contribution < -0.4 is 11.1 Å². The monoisotopic (exact) mass is 234 g/mol. The maximum atomic E-state index is 11.9. The van der Waals surface area contributed by atoms with Crippen LogP contribution in [0.25, 0.3) is 0 Å². The van der Waals surface area contributed by atoms with Gasteiger partial charge in [0, 0.05) is 12.1 Å². The minimum atomic E-state index is -0.472. The highest BCUT2D eigenvalue weighted by Crippen LogP contribution is 2.22. The predicted octanol–water partition coefficient (Wildman–Crippen LogP) is 1.36. The summed E-state index contributed by atoms with van der Waals surface area (Å²) >= 11 is 0. The summed E-state index contributed by atoms with van der Waals surface area (Å²) in [4.78, 5) is 11.9. The first kappa shape index (κ1) is 12.1. The number of anilines is 1. The minimum Gasteiger partial charge on any atom is -0.377 e. The first-order valence-corrected chi connectivity index (χ1v) is 5.73. The topological polar surface area (TPSA) is 64.4 Å². The number of rotatable bonds is 3. The molecule has 0 saturated carbocycles. The number of ether oxygens (including phenoxy) is 1. The van der Waals surface area contributed by atoms with E-state index in [1.807, 2.05) is 32.0 Å². The van der Waals surface area contributed by atoms with Crippen LogP contribution in [0.5, 0.6) is 0 Å². The van der Waals surface area contributed by atoms with Crippen molar-refractivity contribution in [2.45, 2.75) is 25.8 Å². The SMILES string of the molecule is Cc1cccc(C)c1NC(=O)CC1(N)COC1. The van der Waals surface area contributed by atoms with Gasteiger partial charge in [-0.05, 0) is 25.0 Å². The molecule has 1 aromatic rings. The van der Waals surface area contributed by atoms with Gasteiger partial charge in [0.05, 0.1) is 18.8 Å². The van der Waals surface area contributed by atoms with Gasteiger partial charge in [0.1, 0.15) is 0 Å². The second-order valence-corrected chi connectivity index (χ2v) is 4.85. The van der Waals surface area contributed by atoms with Crippen LogP contribution in [0.2, 0.25) is 0 Å². The Morgan fingerprint density at radius 1 is 1.41 bits per heavy atom. The molecule has 1 amide bonds. The van der Waals surface area contributed by atoms with Crippen molar-refractivity contribution in [2.75, 3.05) is 18.5 Å². The highest BCUT2D eigenvalue weighted by molar-refractivity contribution is 5.93. The van der Waals surface area contributed by atoms with E-state index in [0.29, 0.717) is 19.6 Å². The fraction of sp³-hybridized carbons (Fsp3) is 0.462. The van der Waals surface area contributed by atoms with E-state index in [9.17, 15) is 4.79 Å². The molecule has 1 aliphatic heterocycles. The summed E-state index contributed by atoms with van der Waals surface area (Å²) in [5.74, 6) is -0.0480. The predicted molar refractivity (Wildman–Crippen MR) is 66.9 cm³/mol. The van der Waals surface area contributed by atoms with E-state index in [-0.39, 0.29) is 5.91 Å². The summed E-state index contributed by atoms with van der Waals surface area (Å²) < 4.78 is 5.03. The number of para-hydroxylation sites is 1. The van der Waals surface area contributed by atoms with Gasteiger partial charge in [-0.25, -0.2) is 0 Å². The van der Waals surface area contributed by atoms with Gasteiger partial charge in [-0.3, -0.25) is 4.79 Å². The number of aryl methyl sites for hydroxylation is 2. The third-order valence-corrected chi connectivity index (χ3v) is 3.04. The zero-order chi connectivity index (χ0) is 12.5. The van der Waals surface area contributed by atoms with E-state index >= 15 is 0 Å². The van der Waals surface area contributed by atoms with Gasteiger partial charge in [-0.2, -0.15) is 0 Å². The number of nitrogens with two attached hydrogens (primary N) is 1. The molecule has 0 atom stereocenters. The molecule has 1 saturated heterocycles. The van der Waals surface area contributed by atoms with Crippen LogP contribution in [0.15, 0.2) is 18.2 Å². The fourth-order valence-corrected chi connectivity index (χ4v) is 1.98. The van der Waals surface area contributed by atoms with Crippen molar-refractivity contribution >= 4 is 11.6 Å². The number of hydrogen-bond donors (Lipinski definition) is 2. The molecule has 1 heterocycles. The summed E-state index contributed by atoms with van der Waals surface area (Å²) in [6.07, 6.45) is 0.306. The van der Waals surface area contributed by atoms with Gasteiger partial charge >= 0.3 is 0 Å². The summed E-state index contributed by atoms with van der Waals surface area (Å²) in [5, 5.41) is 2.93. The quantitative estimate of drug-likeness (QED) is 0.830. The Labute approximate surface area is 101 Å². The molecule has 1 aliphatic rings. The van der Waals surface area contributed by atoms with Crippen molar-refractivity contribution in [1.29, 1.82) is 0 Å². The van der Waals surface area contributed by atoms with Crippen LogP contribution in [0.1, 0.15) is 17.5 Å². The zero-order valence-electron chi connectivity index (χ0n) is 10.2. The molecule has 4 heteroatoms. The van der Waals surface area contributed by atoms with Crippen LogP contribution >= 0.6 is 0 Å². The Kier molecular flexibility index (Phi) is 3.17. The molecule has 17 heavy (non-hydrogen) atoms. The van der Waals surface area contributed by atoms with Crippen molar-refractivity contribution in [3.8, 4) is 0 Å². The van der Waals surface area contributed by atoms with Gasteiger partial charge in [-0.1, -0.05) is 18.2 Å². The summed E-state index contributed by atoms with van der Waals surface area (Å²) in [6, 6.07) is 5.94. The third-order valence-electron chi connectivity index (χ3n) is 3.04. The second-order valence-electron chi connectivity index (χ2n) is 4.85. The Bertz CT molecular complexity index is 419. The molecule has 0 aliphatic carbocycles. The van der Waals surface area contributed by atoms with E-state index in [2.05, 4.69) is 5.32 Å². The van der Waals surface area contributed by atoms with Gasteiger partial charge in [0.25, 0.3) is 0 Å². The van der Waals surface area contributed by atoms with Crippen LogP contribution in [0.3, 0.4) is 0 Å². The normalized spacial score (nSPS) is 17.4. The van der Waals surface area contributed by atoms with Crippen LogP contribution in [-0.2, 0) is 9.53 Å². The molecule has 0 aromatic heterocycles. The number of hydrogen-bond acceptors (Lipinski definition) is 3. The van der Waals surface area contributed by atoms with Crippen LogP contribution in [-0.4, -0.2) is 24.7 Å². The van der Waals surface area contributed by atoms with Crippen LogP contribution in [0.4, 0.5) is 5.69 Å². The Balaban J connectivity index is 2.03. The number of benzene rings is 1. The maximum absolute atomic E-state index is 11.9. The molecule has 3 N–H and O–H groups in total. The average Bonchev–Trinajstić information content (AvgIpc) is 2.21. The van der Waals surface area contributed by atoms with Crippen molar-refractivity contribution in [1.82, 2.24) is 0 Å². The highest BCUT2D eigenvalue weighted by atomic mass is 16.5. The van der Waals surface area contributed by atoms with Crippen molar-refractivity contribution in [3.05, 3.63) is 29.3 Å². The zero-order valence-corrected chi connectivity index (χ0v) is 10.2. The molecule has 1 fully saturated rings. The minimum absolute atomic E-state index is 0.0480. The lowest BCUT2D eigenvalue weighted by molar-refractivity contribution is -0.123. The number of amides is 1. The lowest BCUT2D eigenvalue weighted by Gasteiger charge is -2.37. The molecule has 0 spiro atoms. The molecular weight excluding hydrogens is 216 g/mol. The van der Waals surface area contributed by atoms with Gasteiger partial charge < -0.3 is 15.8 Å². The average molecular weight is 234 g/mol. The molecule has 1 aromatic carbocycles. The Morgan fingerprint density at radius 2 is 2.00 bits per heavy atom. The Morgan fingerprint density at radius 3 is 2.47 bits per heavy atom. The second kappa shape index (κ2) is 4.47. The summed E-state index contributed by atoms with van der Waals surface area (Å²) in [6.45, 7) is 4.89. The largest absolute Gasteiger partial charge is 0.377 e. The van der Waals surface area contributed by atoms with Gasteiger partial charge in [0.15, 0.2) is 0 Å². The Hall–Kier alpha value is -1.39. The number of carbonyl (C=O) groups is 1. The smallest absolute Gasteiger partial charge is 0.226 e. The molecule has 0 bridgehead atoms. The van der Waals surface area contributed by atoms with Crippen molar-refractivity contribution in [2.24, 2.45) is 5.73 Å². The fourth-order valence-electron chi connectivity index (χ4n) is 1.98. The summed E-state index contributed by atoms with van der Waals surface area (Å²) in [7, 11) is 0. The van der Waals surface area contributed by atoms with E-state index in [4.69, 9.17) is 10.5 Å². The lowest BCUT2D eigenvalue weighted by atomic mass is 9.94. The molecular formula is C13H18N2O2. The first-order valence-electron chi connectivity index (χ1n) is 5.73. The first-order chi connectivity index (χ1) is 8.00. The van der Waals surface area contributed by atoms with E-state index in [0.717, 1.165) is 16.8 Å². The lowest BCUT2D eigenvalue weighted by Crippen LogP contribution is -2.59. The molecule has 2 rings (SSSR count). The summed E-state index contributed by atoms with van der Waals surface area (Å²) in [5.41, 5.74) is 8.49. The van der Waals surface area contributed by atoms with Crippen molar-refractivity contribution in [3.63, 3.8) is 0 Å². The van der Waals surface area contributed by atoms with Gasteiger partial charge in [0.2, 0.25) is 5.91 Å². The highest BCUT2D eigenvalue weighted by Gasteiger charge is 2.36. The number of nitrogens with one attached hydrogen (secondary N) is 1. The maximum Gasteiger partial charge on any atom is 0.226 e. The standard InChI is InChI=1S/C13H18N2O2/c1-9-4-3-5-10(2)12(9)15-11(16)6-13(14)7-17-8-13/h3-5H,6-8,14H2,1-2H3,(H,15,16).